The number of hydrogen-bond donors (Lipinski definition) is 1. The molecule has 1 heterocycles. The average molecular weight is 442 g/mol. The highest BCUT2D eigenvalue weighted by atomic mass is 16.5. The minimum Gasteiger partial charge on any atom is -0.507 e. The molecule has 0 saturated carbocycles. The molecule has 5 heteroatoms. The summed E-state index contributed by atoms with van der Waals surface area (Å²) >= 11 is 0. The Hall–Kier alpha value is -3.86. The van der Waals surface area contributed by atoms with Crippen LogP contribution in [0.2, 0.25) is 0 Å². The number of carbonyl (C=O) groups is 2. The van der Waals surface area contributed by atoms with Gasteiger partial charge in [-0.25, -0.2) is 0 Å². The van der Waals surface area contributed by atoms with E-state index < -0.39 is 17.7 Å². The first-order valence-corrected chi connectivity index (χ1v) is 10.8. The van der Waals surface area contributed by atoms with E-state index in [2.05, 4.69) is 0 Å². The number of ketones is 1. The minimum atomic E-state index is -0.790. The number of anilines is 1. The first-order valence-electron chi connectivity index (χ1n) is 10.8. The molecule has 3 aromatic carbocycles. The van der Waals surface area contributed by atoms with E-state index in [1.807, 2.05) is 76.2 Å². The Morgan fingerprint density at radius 1 is 0.879 bits per heavy atom. The van der Waals surface area contributed by atoms with Crippen LogP contribution in [0.4, 0.5) is 5.69 Å². The summed E-state index contributed by atoms with van der Waals surface area (Å²) in [7, 11) is 1.57. The molecule has 1 atom stereocenters. The summed E-state index contributed by atoms with van der Waals surface area (Å²) < 4.78 is 5.40. The lowest BCUT2D eigenvalue weighted by Crippen LogP contribution is -2.30. The summed E-state index contributed by atoms with van der Waals surface area (Å²) in [5.74, 6) is -0.942. The van der Waals surface area contributed by atoms with Gasteiger partial charge in [0.15, 0.2) is 0 Å². The highest BCUT2D eigenvalue weighted by Crippen LogP contribution is 2.44. The molecular weight excluding hydrogens is 414 g/mol. The molecule has 5 nitrogen and oxygen atoms in total. The lowest BCUT2D eigenvalue weighted by Gasteiger charge is -2.27. The van der Waals surface area contributed by atoms with E-state index in [1.165, 1.54) is 4.90 Å². The van der Waals surface area contributed by atoms with E-state index in [0.717, 1.165) is 22.3 Å². The zero-order chi connectivity index (χ0) is 23.9. The number of carbonyl (C=O) groups excluding carboxylic acids is 2. The van der Waals surface area contributed by atoms with Crippen molar-refractivity contribution in [3.63, 3.8) is 0 Å². The molecule has 1 aliphatic rings. The number of methoxy groups -OCH3 is 1. The number of Topliss-reactive ketones (excluding diaryl/α,β-unsaturated/α-hetero) is 1. The van der Waals surface area contributed by atoms with Crippen LogP contribution < -0.4 is 9.64 Å². The number of amides is 1. The third-order valence-corrected chi connectivity index (χ3v) is 6.11. The van der Waals surface area contributed by atoms with Crippen molar-refractivity contribution in [1.82, 2.24) is 0 Å². The maximum absolute atomic E-state index is 13.4. The Balaban J connectivity index is 2.01. The Bertz CT molecular complexity index is 1300. The second-order valence-corrected chi connectivity index (χ2v) is 8.55. The van der Waals surface area contributed by atoms with Gasteiger partial charge in [0.25, 0.3) is 11.7 Å². The number of aliphatic hydroxyl groups is 1. The van der Waals surface area contributed by atoms with Gasteiger partial charge in [-0.1, -0.05) is 47.5 Å². The molecule has 1 aliphatic heterocycles. The van der Waals surface area contributed by atoms with E-state index in [-0.39, 0.29) is 11.3 Å². The summed E-state index contributed by atoms with van der Waals surface area (Å²) in [6.07, 6.45) is 0. The Labute approximate surface area is 193 Å². The van der Waals surface area contributed by atoms with Gasteiger partial charge < -0.3 is 9.84 Å². The predicted molar refractivity (Wildman–Crippen MR) is 130 cm³/mol. The highest BCUT2D eigenvalue weighted by molar-refractivity contribution is 6.51. The van der Waals surface area contributed by atoms with Crippen molar-refractivity contribution in [3.05, 3.63) is 99.6 Å². The average Bonchev–Trinajstić information content (AvgIpc) is 3.05. The predicted octanol–water partition coefficient (Wildman–Crippen LogP) is 5.56. The molecule has 1 N–H and O–H groups in total. The molecule has 1 unspecified atom stereocenters. The topological polar surface area (TPSA) is 66.8 Å². The van der Waals surface area contributed by atoms with Crippen molar-refractivity contribution in [1.29, 1.82) is 0 Å². The fraction of sp³-hybridized carbons (Fsp3) is 0.214. The fourth-order valence-corrected chi connectivity index (χ4v) is 4.42. The third-order valence-electron chi connectivity index (χ3n) is 6.11. The van der Waals surface area contributed by atoms with Crippen molar-refractivity contribution in [3.8, 4) is 5.75 Å². The highest BCUT2D eigenvalue weighted by Gasteiger charge is 2.47. The first kappa shape index (κ1) is 22.3. The summed E-state index contributed by atoms with van der Waals surface area (Å²) in [6.45, 7) is 7.68. The van der Waals surface area contributed by atoms with Gasteiger partial charge in [-0.15, -0.1) is 0 Å². The van der Waals surface area contributed by atoms with Gasteiger partial charge in [0.2, 0.25) is 0 Å². The quantitative estimate of drug-likeness (QED) is 0.327. The fourth-order valence-electron chi connectivity index (χ4n) is 4.42. The lowest BCUT2D eigenvalue weighted by atomic mass is 9.93. The minimum absolute atomic E-state index is 0.0712. The summed E-state index contributed by atoms with van der Waals surface area (Å²) in [5, 5.41) is 11.4. The van der Waals surface area contributed by atoms with Gasteiger partial charge in [0.05, 0.1) is 18.7 Å². The second-order valence-electron chi connectivity index (χ2n) is 8.55. The van der Waals surface area contributed by atoms with E-state index in [4.69, 9.17) is 4.74 Å². The lowest BCUT2D eigenvalue weighted by molar-refractivity contribution is -0.132. The van der Waals surface area contributed by atoms with E-state index in [1.54, 1.807) is 19.2 Å². The number of ether oxygens (including phenoxy) is 1. The van der Waals surface area contributed by atoms with Crippen molar-refractivity contribution in [2.75, 3.05) is 12.0 Å². The maximum atomic E-state index is 13.4. The normalized spacial score (nSPS) is 17.5. The molecular formula is C28H27NO4. The number of hydrogen-bond acceptors (Lipinski definition) is 4. The van der Waals surface area contributed by atoms with Crippen LogP contribution >= 0.6 is 0 Å². The van der Waals surface area contributed by atoms with Crippen LogP contribution in [0.25, 0.3) is 5.76 Å². The Morgan fingerprint density at radius 3 is 2.27 bits per heavy atom. The number of rotatable bonds is 4. The van der Waals surface area contributed by atoms with Gasteiger partial charge in [-0.2, -0.15) is 0 Å². The Morgan fingerprint density at radius 2 is 1.58 bits per heavy atom. The van der Waals surface area contributed by atoms with Crippen molar-refractivity contribution in [2.24, 2.45) is 0 Å². The molecule has 0 radical (unpaired) electrons. The van der Waals surface area contributed by atoms with Crippen LogP contribution in [0.1, 0.15) is 39.4 Å². The van der Waals surface area contributed by atoms with E-state index >= 15 is 0 Å². The molecule has 4 rings (SSSR count). The smallest absolute Gasteiger partial charge is 0.300 e. The number of benzene rings is 3. The van der Waals surface area contributed by atoms with Gasteiger partial charge in [0.1, 0.15) is 11.5 Å². The molecule has 33 heavy (non-hydrogen) atoms. The van der Waals surface area contributed by atoms with Crippen LogP contribution in [0.15, 0.2) is 66.2 Å². The number of nitrogens with zero attached hydrogens (tertiary/aromatic N) is 1. The zero-order valence-corrected chi connectivity index (χ0v) is 19.5. The van der Waals surface area contributed by atoms with Gasteiger partial charge in [0, 0.05) is 11.3 Å². The molecule has 1 fully saturated rings. The maximum Gasteiger partial charge on any atom is 0.300 e. The molecule has 1 amide bonds. The van der Waals surface area contributed by atoms with Crippen molar-refractivity contribution >= 4 is 23.1 Å². The molecule has 0 spiro atoms. The summed E-state index contributed by atoms with van der Waals surface area (Å²) in [4.78, 5) is 28.2. The zero-order valence-electron chi connectivity index (χ0n) is 19.5. The molecule has 0 bridgehead atoms. The van der Waals surface area contributed by atoms with Crippen LogP contribution in [-0.4, -0.2) is 23.9 Å². The third kappa shape index (κ3) is 3.91. The van der Waals surface area contributed by atoms with Crippen molar-refractivity contribution < 1.29 is 19.4 Å². The van der Waals surface area contributed by atoms with Gasteiger partial charge in [-0.05, 0) is 68.7 Å². The first-order chi connectivity index (χ1) is 15.7. The summed E-state index contributed by atoms with van der Waals surface area (Å²) in [5.41, 5.74) is 5.63. The SMILES string of the molecule is COc1cccc(C2/C(=C(\O)c3cc(C)ccc3C)C(=O)C(=O)N2c2ccc(C)cc2C)c1. The van der Waals surface area contributed by atoms with Gasteiger partial charge >= 0.3 is 0 Å². The van der Waals surface area contributed by atoms with Crippen molar-refractivity contribution in [2.45, 2.75) is 33.7 Å². The van der Waals surface area contributed by atoms with Gasteiger partial charge in [-0.3, -0.25) is 14.5 Å². The Kier molecular flexibility index (Phi) is 5.81. The second kappa shape index (κ2) is 8.58. The monoisotopic (exact) mass is 441 g/mol. The number of aliphatic hydroxyl groups excluding tert-OH is 1. The molecule has 0 aliphatic carbocycles. The van der Waals surface area contributed by atoms with Crippen LogP contribution in [0, 0.1) is 27.7 Å². The molecule has 168 valence electrons. The number of aryl methyl sites for hydroxylation is 4. The molecule has 3 aromatic rings. The van der Waals surface area contributed by atoms with E-state index in [0.29, 0.717) is 22.6 Å². The van der Waals surface area contributed by atoms with Crippen LogP contribution in [0.3, 0.4) is 0 Å². The summed E-state index contributed by atoms with van der Waals surface area (Å²) in [6, 6.07) is 17.9. The molecule has 1 saturated heterocycles. The van der Waals surface area contributed by atoms with E-state index in [9.17, 15) is 14.7 Å². The molecule has 0 aromatic heterocycles. The van der Waals surface area contributed by atoms with Crippen LogP contribution in [-0.2, 0) is 9.59 Å². The standard InChI is InChI=1S/C28H27NO4/c1-16-10-12-23(19(4)13-16)29-25(20-7-6-8-21(15-20)33-5)24(27(31)28(29)32)26(30)22-14-17(2)9-11-18(22)3/h6-15,25,30H,1-5H3/b26-24+. The largest absolute Gasteiger partial charge is 0.507 e. The van der Waals surface area contributed by atoms with Crippen LogP contribution in [0.5, 0.6) is 5.75 Å².